The normalized spacial score (nSPS) is 10.0. The predicted octanol–water partition coefficient (Wildman–Crippen LogP) is 2.76. The molecule has 0 heterocycles. The van der Waals surface area contributed by atoms with Gasteiger partial charge in [0.15, 0.2) is 18.1 Å². The number of para-hydroxylation sites is 2. The Labute approximate surface area is 151 Å². The largest absolute Gasteiger partial charge is 0.495 e. The number of ether oxygens (including phenoxy) is 3. The zero-order valence-corrected chi connectivity index (χ0v) is 14.4. The van der Waals surface area contributed by atoms with E-state index in [1.54, 1.807) is 42.5 Å². The Balaban J connectivity index is 1.97. The second-order valence-corrected chi connectivity index (χ2v) is 4.88. The van der Waals surface area contributed by atoms with Gasteiger partial charge in [-0.3, -0.25) is 0 Å². The van der Waals surface area contributed by atoms with Crippen LogP contribution in [-0.2, 0) is 0 Å². The van der Waals surface area contributed by atoms with Crippen molar-refractivity contribution in [2.24, 2.45) is 5.10 Å². The summed E-state index contributed by atoms with van der Waals surface area (Å²) in [6.07, 6.45) is 1.46. The minimum atomic E-state index is -0.508. The summed E-state index contributed by atoms with van der Waals surface area (Å²) in [7, 11) is 3.02. The molecule has 0 aliphatic rings. The molecule has 0 saturated carbocycles. The smallest absolute Gasteiger partial charge is 0.339 e. The molecule has 0 saturated heterocycles. The highest BCUT2D eigenvalue weighted by Crippen LogP contribution is 2.27. The van der Waals surface area contributed by atoms with Crippen LogP contribution in [0.5, 0.6) is 17.2 Å². The van der Waals surface area contributed by atoms with Crippen LogP contribution in [0.4, 0.5) is 10.5 Å². The molecule has 8 heteroatoms. The van der Waals surface area contributed by atoms with E-state index in [2.05, 4.69) is 15.8 Å². The van der Waals surface area contributed by atoms with E-state index in [4.69, 9.17) is 19.5 Å². The lowest BCUT2D eigenvalue weighted by Gasteiger charge is -2.09. The first kappa shape index (κ1) is 18.6. The number of carbonyl (C=O) groups excluding carboxylic acids is 1. The average Bonchev–Trinajstić information content (AvgIpc) is 2.67. The minimum Gasteiger partial charge on any atom is -0.495 e. The Morgan fingerprint density at radius 2 is 1.92 bits per heavy atom. The quantitative estimate of drug-likeness (QED) is 0.587. The Morgan fingerprint density at radius 1 is 1.15 bits per heavy atom. The van der Waals surface area contributed by atoms with Gasteiger partial charge < -0.3 is 19.5 Å². The number of anilines is 1. The molecule has 2 aromatic rings. The van der Waals surface area contributed by atoms with Crippen LogP contribution in [0.15, 0.2) is 47.6 Å². The number of hydrogen-bond acceptors (Lipinski definition) is 6. The van der Waals surface area contributed by atoms with Crippen LogP contribution in [-0.4, -0.2) is 33.1 Å². The van der Waals surface area contributed by atoms with E-state index in [0.717, 1.165) is 0 Å². The number of benzene rings is 2. The van der Waals surface area contributed by atoms with Gasteiger partial charge in [-0.1, -0.05) is 12.1 Å². The zero-order chi connectivity index (χ0) is 18.8. The maximum Gasteiger partial charge on any atom is 0.339 e. The molecule has 0 bridgehead atoms. The van der Waals surface area contributed by atoms with Crippen molar-refractivity contribution < 1.29 is 19.0 Å². The fraction of sp³-hybridized carbons (Fsp3) is 0.167. The standard InChI is InChI=1S/C18H18N4O4/c1-24-15-6-4-3-5-14(15)21-18(23)22-20-12-13-7-8-16(26-10-9-19)17(11-13)25-2/h3-8,11-12H,10H2,1-2H3,(H2,21,22,23). The summed E-state index contributed by atoms with van der Waals surface area (Å²) in [5, 5.41) is 15.1. The topological polar surface area (TPSA) is 105 Å². The van der Waals surface area contributed by atoms with Gasteiger partial charge in [-0.25, -0.2) is 10.2 Å². The zero-order valence-electron chi connectivity index (χ0n) is 14.4. The summed E-state index contributed by atoms with van der Waals surface area (Å²) >= 11 is 0. The number of rotatable bonds is 7. The van der Waals surface area contributed by atoms with Gasteiger partial charge in [0, 0.05) is 0 Å². The number of nitriles is 1. The first-order valence-corrected chi connectivity index (χ1v) is 7.58. The van der Waals surface area contributed by atoms with Gasteiger partial charge in [0.25, 0.3) is 0 Å². The van der Waals surface area contributed by atoms with Crippen molar-refractivity contribution in [2.75, 3.05) is 26.1 Å². The van der Waals surface area contributed by atoms with Crippen molar-refractivity contribution >= 4 is 17.9 Å². The first-order valence-electron chi connectivity index (χ1n) is 7.58. The van der Waals surface area contributed by atoms with Gasteiger partial charge in [0.1, 0.15) is 11.8 Å². The average molecular weight is 354 g/mol. The molecular weight excluding hydrogens is 336 g/mol. The third-order valence-electron chi connectivity index (χ3n) is 3.21. The van der Waals surface area contributed by atoms with E-state index < -0.39 is 6.03 Å². The van der Waals surface area contributed by atoms with Gasteiger partial charge in [0.2, 0.25) is 0 Å². The van der Waals surface area contributed by atoms with Crippen LogP contribution >= 0.6 is 0 Å². The predicted molar refractivity (Wildman–Crippen MR) is 96.8 cm³/mol. The molecule has 2 rings (SSSR count). The molecule has 8 nitrogen and oxygen atoms in total. The SMILES string of the molecule is COc1ccccc1NC(=O)NN=Cc1ccc(OCC#N)c(OC)c1. The van der Waals surface area contributed by atoms with Crippen molar-refractivity contribution in [1.29, 1.82) is 5.26 Å². The van der Waals surface area contributed by atoms with Gasteiger partial charge >= 0.3 is 6.03 Å². The Hall–Kier alpha value is -3.73. The molecular formula is C18H18N4O4. The number of methoxy groups -OCH3 is 2. The van der Waals surface area contributed by atoms with Crippen LogP contribution in [0.25, 0.3) is 0 Å². The number of nitrogens with zero attached hydrogens (tertiary/aromatic N) is 2. The Bertz CT molecular complexity index is 830. The van der Waals surface area contributed by atoms with E-state index in [-0.39, 0.29) is 6.61 Å². The maximum atomic E-state index is 11.9. The Morgan fingerprint density at radius 3 is 2.65 bits per heavy atom. The van der Waals surface area contributed by atoms with E-state index in [0.29, 0.717) is 28.5 Å². The molecule has 0 unspecified atom stereocenters. The molecule has 26 heavy (non-hydrogen) atoms. The van der Waals surface area contributed by atoms with Crippen molar-refractivity contribution in [3.8, 4) is 23.3 Å². The third-order valence-corrected chi connectivity index (χ3v) is 3.21. The summed E-state index contributed by atoms with van der Waals surface area (Å²) in [5.41, 5.74) is 3.58. The molecule has 134 valence electrons. The number of amides is 2. The van der Waals surface area contributed by atoms with Crippen LogP contribution in [0.3, 0.4) is 0 Å². The van der Waals surface area contributed by atoms with E-state index in [9.17, 15) is 4.79 Å². The lowest BCUT2D eigenvalue weighted by molar-refractivity contribution is 0.252. The maximum absolute atomic E-state index is 11.9. The number of carbonyl (C=O) groups is 1. The van der Waals surface area contributed by atoms with E-state index >= 15 is 0 Å². The highest BCUT2D eigenvalue weighted by Gasteiger charge is 2.06. The lowest BCUT2D eigenvalue weighted by atomic mass is 10.2. The minimum absolute atomic E-state index is 0.0749. The summed E-state index contributed by atoms with van der Waals surface area (Å²) in [5.74, 6) is 1.46. The molecule has 0 fully saturated rings. The summed E-state index contributed by atoms with van der Waals surface area (Å²) in [6, 6.07) is 13.5. The van der Waals surface area contributed by atoms with Gasteiger partial charge in [-0.15, -0.1) is 0 Å². The molecule has 0 aromatic heterocycles. The molecule has 2 N–H and O–H groups in total. The van der Waals surface area contributed by atoms with Gasteiger partial charge in [-0.2, -0.15) is 10.4 Å². The highest BCUT2D eigenvalue weighted by molar-refractivity contribution is 5.91. The van der Waals surface area contributed by atoms with Crippen LogP contribution < -0.4 is 25.0 Å². The number of urea groups is 1. The summed E-state index contributed by atoms with van der Waals surface area (Å²) in [4.78, 5) is 11.9. The molecule has 0 aliphatic heterocycles. The number of hydrazone groups is 1. The molecule has 0 radical (unpaired) electrons. The second-order valence-electron chi connectivity index (χ2n) is 4.88. The fourth-order valence-corrected chi connectivity index (χ4v) is 2.06. The molecule has 0 atom stereocenters. The Kier molecular flexibility index (Phi) is 6.83. The monoisotopic (exact) mass is 354 g/mol. The van der Waals surface area contributed by atoms with Crippen molar-refractivity contribution in [3.05, 3.63) is 48.0 Å². The molecule has 2 aromatic carbocycles. The van der Waals surface area contributed by atoms with Gasteiger partial charge in [0.05, 0.1) is 26.1 Å². The fourth-order valence-electron chi connectivity index (χ4n) is 2.06. The highest BCUT2D eigenvalue weighted by atomic mass is 16.5. The van der Waals surface area contributed by atoms with Crippen LogP contribution in [0.1, 0.15) is 5.56 Å². The number of nitrogens with one attached hydrogen (secondary N) is 2. The molecule has 0 aliphatic carbocycles. The van der Waals surface area contributed by atoms with Crippen molar-refractivity contribution in [2.45, 2.75) is 0 Å². The molecule has 0 spiro atoms. The van der Waals surface area contributed by atoms with Crippen LogP contribution in [0, 0.1) is 11.3 Å². The summed E-state index contributed by atoms with van der Waals surface area (Å²) < 4.78 is 15.6. The number of hydrogen-bond donors (Lipinski definition) is 2. The second kappa shape index (κ2) is 9.54. The third kappa shape index (κ3) is 5.14. The van der Waals surface area contributed by atoms with E-state index in [1.165, 1.54) is 20.4 Å². The van der Waals surface area contributed by atoms with Crippen molar-refractivity contribution in [3.63, 3.8) is 0 Å². The van der Waals surface area contributed by atoms with Gasteiger partial charge in [-0.05, 0) is 35.9 Å². The van der Waals surface area contributed by atoms with Crippen molar-refractivity contribution in [1.82, 2.24) is 5.43 Å². The van der Waals surface area contributed by atoms with Crippen LogP contribution in [0.2, 0.25) is 0 Å². The van der Waals surface area contributed by atoms with E-state index in [1.807, 2.05) is 6.07 Å². The molecule has 2 amide bonds. The first-order chi connectivity index (χ1) is 12.7. The summed E-state index contributed by atoms with van der Waals surface area (Å²) in [6.45, 7) is -0.0749. The lowest BCUT2D eigenvalue weighted by Crippen LogP contribution is -2.24.